The van der Waals surface area contributed by atoms with Gasteiger partial charge in [0.05, 0.1) is 11.8 Å². The molecule has 0 aromatic carbocycles. The van der Waals surface area contributed by atoms with Crippen LogP contribution in [0.4, 0.5) is 13.2 Å². The van der Waals surface area contributed by atoms with E-state index in [1.54, 1.807) is 0 Å². The van der Waals surface area contributed by atoms with Crippen molar-refractivity contribution < 1.29 is 13.2 Å². The van der Waals surface area contributed by atoms with Crippen molar-refractivity contribution in [2.45, 2.75) is 12.6 Å². The highest BCUT2D eigenvalue weighted by atomic mass is 19.4. The summed E-state index contributed by atoms with van der Waals surface area (Å²) in [6.07, 6.45) is -3.03. The Hall–Kier alpha value is -1.48. The van der Waals surface area contributed by atoms with Gasteiger partial charge in [-0.2, -0.15) is 18.3 Å². The Labute approximate surface area is 78.5 Å². The molecule has 0 atom stereocenters. The van der Waals surface area contributed by atoms with Crippen LogP contribution in [0.15, 0.2) is 6.20 Å². The van der Waals surface area contributed by atoms with Crippen molar-refractivity contribution in [3.63, 3.8) is 0 Å². The lowest BCUT2D eigenvalue weighted by molar-refractivity contribution is -0.141. The normalized spacial score (nSPS) is 10.9. The van der Waals surface area contributed by atoms with Gasteiger partial charge in [0.15, 0.2) is 5.69 Å². The summed E-state index contributed by atoms with van der Waals surface area (Å²) in [6.45, 7) is 0.326. The quantitative estimate of drug-likeness (QED) is 0.672. The molecule has 1 aromatic heterocycles. The van der Waals surface area contributed by atoms with Gasteiger partial charge in [0.25, 0.3) is 0 Å². The van der Waals surface area contributed by atoms with E-state index in [1.807, 2.05) is 5.10 Å². The highest BCUT2D eigenvalue weighted by Gasteiger charge is 2.35. The number of aromatic amines is 1. The third-order valence-electron chi connectivity index (χ3n) is 1.42. The summed E-state index contributed by atoms with van der Waals surface area (Å²) >= 11 is 0. The molecule has 6 heteroatoms. The molecule has 0 radical (unpaired) electrons. The van der Waals surface area contributed by atoms with E-state index >= 15 is 0 Å². The summed E-state index contributed by atoms with van der Waals surface area (Å²) in [6, 6.07) is 0. The summed E-state index contributed by atoms with van der Waals surface area (Å²) in [5, 5.41) is 5.15. The first-order valence-corrected chi connectivity index (χ1v) is 3.85. The Bertz CT molecular complexity index is 356. The van der Waals surface area contributed by atoms with Crippen LogP contribution in [0.2, 0.25) is 0 Å². The van der Waals surface area contributed by atoms with Crippen molar-refractivity contribution in [3.8, 4) is 11.8 Å². The standard InChI is InChI=1S/C8H8F3N3/c9-8(10,11)7-6(5-13-14-7)3-1-2-4-12/h5H,2,4,12H2,(H,13,14). The van der Waals surface area contributed by atoms with Crippen LogP contribution in [-0.4, -0.2) is 16.7 Å². The van der Waals surface area contributed by atoms with Crippen LogP contribution < -0.4 is 5.73 Å². The van der Waals surface area contributed by atoms with Crippen molar-refractivity contribution in [1.82, 2.24) is 10.2 Å². The summed E-state index contributed by atoms with van der Waals surface area (Å²) in [5.74, 6) is 4.87. The van der Waals surface area contributed by atoms with Gasteiger partial charge in [-0.3, -0.25) is 5.10 Å². The molecular formula is C8H8F3N3. The zero-order valence-corrected chi connectivity index (χ0v) is 7.15. The van der Waals surface area contributed by atoms with E-state index in [4.69, 9.17) is 5.73 Å². The van der Waals surface area contributed by atoms with Gasteiger partial charge in [0.2, 0.25) is 0 Å². The zero-order chi connectivity index (χ0) is 10.6. The molecule has 0 unspecified atom stereocenters. The maximum absolute atomic E-state index is 12.2. The molecule has 0 aliphatic heterocycles. The molecule has 0 bridgehead atoms. The number of rotatable bonds is 1. The predicted octanol–water partition coefficient (Wildman–Crippen LogP) is 1.13. The molecule has 0 aliphatic carbocycles. The Kier molecular flexibility index (Phi) is 3.14. The number of hydrogen-bond donors (Lipinski definition) is 2. The van der Waals surface area contributed by atoms with Crippen LogP contribution in [0, 0.1) is 11.8 Å². The monoisotopic (exact) mass is 203 g/mol. The van der Waals surface area contributed by atoms with Gasteiger partial charge in [-0.25, -0.2) is 0 Å². The van der Waals surface area contributed by atoms with Crippen LogP contribution >= 0.6 is 0 Å². The molecule has 0 saturated heterocycles. The maximum atomic E-state index is 12.2. The summed E-state index contributed by atoms with van der Waals surface area (Å²) < 4.78 is 36.7. The van der Waals surface area contributed by atoms with Crippen LogP contribution in [0.1, 0.15) is 17.7 Å². The van der Waals surface area contributed by atoms with Crippen LogP contribution in [0.25, 0.3) is 0 Å². The largest absolute Gasteiger partial charge is 0.434 e. The average molecular weight is 203 g/mol. The first-order chi connectivity index (χ1) is 6.55. The number of hydrogen-bond acceptors (Lipinski definition) is 2. The molecule has 0 fully saturated rings. The van der Waals surface area contributed by atoms with Crippen molar-refractivity contribution >= 4 is 0 Å². The van der Waals surface area contributed by atoms with Crippen LogP contribution in [-0.2, 0) is 6.18 Å². The van der Waals surface area contributed by atoms with E-state index in [0.29, 0.717) is 13.0 Å². The Balaban J connectivity index is 2.90. The first-order valence-electron chi connectivity index (χ1n) is 3.85. The Morgan fingerprint density at radius 3 is 2.79 bits per heavy atom. The maximum Gasteiger partial charge on any atom is 0.434 e. The summed E-state index contributed by atoms with van der Waals surface area (Å²) in [5.41, 5.74) is 4.08. The van der Waals surface area contributed by atoms with Crippen LogP contribution in [0.5, 0.6) is 0 Å². The van der Waals surface area contributed by atoms with E-state index in [1.165, 1.54) is 0 Å². The Morgan fingerprint density at radius 1 is 1.50 bits per heavy atom. The third-order valence-corrected chi connectivity index (χ3v) is 1.42. The minimum Gasteiger partial charge on any atom is -0.330 e. The van der Waals surface area contributed by atoms with Gasteiger partial charge in [0.1, 0.15) is 0 Å². The number of H-pyrrole nitrogens is 1. The van der Waals surface area contributed by atoms with E-state index in [9.17, 15) is 13.2 Å². The second kappa shape index (κ2) is 4.15. The third kappa shape index (κ3) is 2.50. The topological polar surface area (TPSA) is 54.7 Å². The van der Waals surface area contributed by atoms with Crippen molar-refractivity contribution in [3.05, 3.63) is 17.5 Å². The summed E-state index contributed by atoms with van der Waals surface area (Å²) in [4.78, 5) is 0. The number of halogens is 3. The molecule has 1 heterocycles. The molecule has 0 saturated carbocycles. The number of nitrogens with one attached hydrogen (secondary N) is 1. The van der Waals surface area contributed by atoms with E-state index in [2.05, 4.69) is 16.9 Å². The Morgan fingerprint density at radius 2 is 2.21 bits per heavy atom. The molecule has 1 rings (SSSR count). The van der Waals surface area contributed by atoms with E-state index in [0.717, 1.165) is 6.20 Å². The molecule has 0 aliphatic rings. The van der Waals surface area contributed by atoms with Gasteiger partial charge < -0.3 is 5.73 Å². The minimum atomic E-state index is -4.44. The first kappa shape index (κ1) is 10.6. The fraction of sp³-hybridized carbons (Fsp3) is 0.375. The second-order valence-corrected chi connectivity index (χ2v) is 2.50. The number of nitrogens with two attached hydrogens (primary N) is 1. The smallest absolute Gasteiger partial charge is 0.330 e. The molecule has 14 heavy (non-hydrogen) atoms. The average Bonchev–Trinajstić information content (AvgIpc) is 2.52. The lowest BCUT2D eigenvalue weighted by Gasteiger charge is -2.02. The van der Waals surface area contributed by atoms with Crippen molar-refractivity contribution in [1.29, 1.82) is 0 Å². The predicted molar refractivity (Wildman–Crippen MR) is 44.1 cm³/mol. The van der Waals surface area contributed by atoms with Gasteiger partial charge in [-0.05, 0) is 0 Å². The number of aromatic nitrogens is 2. The summed E-state index contributed by atoms with van der Waals surface area (Å²) in [7, 11) is 0. The highest BCUT2D eigenvalue weighted by Crippen LogP contribution is 2.29. The fourth-order valence-corrected chi connectivity index (χ4v) is 0.827. The molecule has 3 nitrogen and oxygen atoms in total. The molecule has 0 spiro atoms. The minimum absolute atomic E-state index is 0.147. The van der Waals surface area contributed by atoms with E-state index in [-0.39, 0.29) is 5.56 Å². The van der Waals surface area contributed by atoms with Gasteiger partial charge in [-0.15, -0.1) is 0 Å². The number of alkyl halides is 3. The lowest BCUT2D eigenvalue weighted by Crippen LogP contribution is -2.07. The van der Waals surface area contributed by atoms with Gasteiger partial charge in [-0.1, -0.05) is 11.8 Å². The number of nitrogens with zero attached hydrogens (tertiary/aromatic N) is 1. The zero-order valence-electron chi connectivity index (χ0n) is 7.15. The van der Waals surface area contributed by atoms with E-state index < -0.39 is 11.9 Å². The van der Waals surface area contributed by atoms with Crippen molar-refractivity contribution in [2.24, 2.45) is 5.73 Å². The molecule has 0 amide bonds. The molecular weight excluding hydrogens is 195 g/mol. The second-order valence-electron chi connectivity index (χ2n) is 2.50. The van der Waals surface area contributed by atoms with Gasteiger partial charge >= 0.3 is 6.18 Å². The van der Waals surface area contributed by atoms with Crippen LogP contribution in [0.3, 0.4) is 0 Å². The molecule has 76 valence electrons. The van der Waals surface area contributed by atoms with Crippen molar-refractivity contribution in [2.75, 3.05) is 6.54 Å². The lowest BCUT2D eigenvalue weighted by atomic mass is 10.2. The fourth-order valence-electron chi connectivity index (χ4n) is 0.827. The highest BCUT2D eigenvalue weighted by molar-refractivity contribution is 5.37. The van der Waals surface area contributed by atoms with Gasteiger partial charge in [0, 0.05) is 13.0 Å². The SMILES string of the molecule is NCCC#Cc1cn[nH]c1C(F)(F)F. The molecule has 1 aromatic rings. The molecule has 3 N–H and O–H groups in total.